The maximum absolute atomic E-state index is 13.8. The molecule has 0 radical (unpaired) electrons. The van der Waals surface area contributed by atoms with Gasteiger partial charge >= 0.3 is 0 Å². The molecular formula is C18H20FN2O+. The van der Waals surface area contributed by atoms with Gasteiger partial charge in [-0.05, 0) is 25.1 Å². The van der Waals surface area contributed by atoms with Crippen LogP contribution in [0.15, 0.2) is 48.5 Å². The van der Waals surface area contributed by atoms with Gasteiger partial charge in [-0.25, -0.2) is 4.39 Å². The summed E-state index contributed by atoms with van der Waals surface area (Å²) in [5, 5.41) is 0. The number of nitrogens with one attached hydrogen (secondary N) is 1. The molecule has 0 aromatic heterocycles. The summed E-state index contributed by atoms with van der Waals surface area (Å²) in [5.74, 6) is -0.108. The van der Waals surface area contributed by atoms with E-state index in [9.17, 15) is 9.18 Å². The molecule has 1 amide bonds. The molecule has 1 heterocycles. The van der Waals surface area contributed by atoms with Gasteiger partial charge in [0.25, 0.3) is 5.91 Å². The average Bonchev–Trinajstić information content (AvgIpc) is 2.56. The average molecular weight is 299 g/mol. The molecule has 1 aliphatic rings. The molecule has 0 saturated carbocycles. The Bertz CT molecular complexity index is 661. The number of quaternary nitrogens is 1. The van der Waals surface area contributed by atoms with Gasteiger partial charge in [-0.15, -0.1) is 0 Å². The first-order valence-corrected chi connectivity index (χ1v) is 7.60. The largest absolute Gasteiger partial charge is 0.327 e. The van der Waals surface area contributed by atoms with E-state index in [1.165, 1.54) is 6.07 Å². The number of piperazine rings is 1. The van der Waals surface area contributed by atoms with Gasteiger partial charge in [0, 0.05) is 11.6 Å². The molecule has 1 saturated heterocycles. The van der Waals surface area contributed by atoms with Crippen molar-refractivity contribution in [3.63, 3.8) is 0 Å². The molecule has 3 rings (SSSR count). The number of aryl methyl sites for hydroxylation is 1. The molecule has 22 heavy (non-hydrogen) atoms. The van der Waals surface area contributed by atoms with E-state index >= 15 is 0 Å². The molecule has 1 aliphatic heterocycles. The minimum absolute atomic E-state index is 0.0626. The zero-order valence-corrected chi connectivity index (χ0v) is 12.7. The maximum atomic E-state index is 13.8. The van der Waals surface area contributed by atoms with Crippen molar-refractivity contribution < 1.29 is 14.1 Å². The molecule has 114 valence electrons. The second-order valence-electron chi connectivity index (χ2n) is 5.74. The summed E-state index contributed by atoms with van der Waals surface area (Å²) in [5.41, 5.74) is 2.57. The van der Waals surface area contributed by atoms with E-state index in [4.69, 9.17) is 0 Å². The first kappa shape index (κ1) is 14.7. The van der Waals surface area contributed by atoms with E-state index in [2.05, 4.69) is 0 Å². The summed E-state index contributed by atoms with van der Waals surface area (Å²) >= 11 is 0. The highest BCUT2D eigenvalue weighted by Crippen LogP contribution is 2.10. The third-order valence-electron chi connectivity index (χ3n) is 4.21. The number of rotatable bonds is 2. The lowest BCUT2D eigenvalue weighted by atomic mass is 10.1. The Labute approximate surface area is 130 Å². The molecule has 0 bridgehead atoms. The van der Waals surface area contributed by atoms with Crippen molar-refractivity contribution in [3.05, 3.63) is 65.5 Å². The van der Waals surface area contributed by atoms with Gasteiger partial charge in [-0.1, -0.05) is 29.8 Å². The highest BCUT2D eigenvalue weighted by Gasteiger charge is 2.27. The number of amides is 1. The van der Waals surface area contributed by atoms with Crippen LogP contribution < -0.4 is 4.90 Å². The third kappa shape index (κ3) is 3.02. The highest BCUT2D eigenvalue weighted by atomic mass is 19.1. The van der Waals surface area contributed by atoms with E-state index in [0.29, 0.717) is 18.8 Å². The Hall–Kier alpha value is -2.20. The fourth-order valence-corrected chi connectivity index (χ4v) is 2.88. The molecule has 2 aromatic carbocycles. The predicted molar refractivity (Wildman–Crippen MR) is 83.8 cm³/mol. The van der Waals surface area contributed by atoms with Crippen LogP contribution in [0.5, 0.6) is 0 Å². The van der Waals surface area contributed by atoms with Gasteiger partial charge in [-0.3, -0.25) is 9.69 Å². The SMILES string of the molecule is Cc1ccc(C(=O)N2CC[NH+](c3ccccc3F)CC2)cc1. The Balaban J connectivity index is 1.65. The Morgan fingerprint density at radius 1 is 1.05 bits per heavy atom. The standard InChI is InChI=1S/C18H19FN2O/c1-14-6-8-15(9-7-14)18(22)21-12-10-20(11-13-21)17-5-3-2-4-16(17)19/h2-9H,10-13H2,1H3/p+1. The van der Waals surface area contributed by atoms with Crippen molar-refractivity contribution in [3.8, 4) is 0 Å². The molecule has 4 heteroatoms. The van der Waals surface area contributed by atoms with Crippen LogP contribution >= 0.6 is 0 Å². The Morgan fingerprint density at radius 3 is 2.32 bits per heavy atom. The smallest absolute Gasteiger partial charge is 0.254 e. The number of carbonyl (C=O) groups is 1. The summed E-state index contributed by atoms with van der Waals surface area (Å²) in [6.45, 7) is 4.77. The van der Waals surface area contributed by atoms with E-state index in [-0.39, 0.29) is 11.7 Å². The second-order valence-corrected chi connectivity index (χ2v) is 5.74. The third-order valence-corrected chi connectivity index (χ3v) is 4.21. The molecule has 2 aromatic rings. The summed E-state index contributed by atoms with van der Waals surface area (Å²) in [4.78, 5) is 15.4. The lowest BCUT2D eigenvalue weighted by Crippen LogP contribution is -3.10. The zero-order valence-electron chi connectivity index (χ0n) is 12.7. The van der Waals surface area contributed by atoms with Crippen molar-refractivity contribution in [1.29, 1.82) is 0 Å². The first-order chi connectivity index (χ1) is 10.6. The van der Waals surface area contributed by atoms with E-state index in [1.807, 2.05) is 48.2 Å². The van der Waals surface area contributed by atoms with Crippen molar-refractivity contribution in [2.24, 2.45) is 0 Å². The number of carbonyl (C=O) groups excluding carboxylic acids is 1. The van der Waals surface area contributed by atoms with E-state index in [0.717, 1.165) is 29.1 Å². The highest BCUT2D eigenvalue weighted by molar-refractivity contribution is 5.94. The van der Waals surface area contributed by atoms with Gasteiger partial charge in [0.2, 0.25) is 0 Å². The van der Waals surface area contributed by atoms with Crippen LogP contribution in [0.3, 0.4) is 0 Å². The van der Waals surface area contributed by atoms with Crippen molar-refractivity contribution in [1.82, 2.24) is 4.90 Å². The topological polar surface area (TPSA) is 24.8 Å². The van der Waals surface area contributed by atoms with Crippen molar-refractivity contribution >= 4 is 11.6 Å². The van der Waals surface area contributed by atoms with Crippen LogP contribution in [0, 0.1) is 12.7 Å². The number of halogens is 1. The normalized spacial score (nSPS) is 15.8. The molecule has 0 aliphatic carbocycles. The maximum Gasteiger partial charge on any atom is 0.254 e. The van der Waals surface area contributed by atoms with Crippen LogP contribution in [0.1, 0.15) is 15.9 Å². The van der Waals surface area contributed by atoms with Crippen molar-refractivity contribution in [2.75, 3.05) is 26.2 Å². The van der Waals surface area contributed by atoms with Gasteiger partial charge in [0.1, 0.15) is 0 Å². The van der Waals surface area contributed by atoms with E-state index in [1.54, 1.807) is 6.07 Å². The molecule has 3 nitrogen and oxygen atoms in total. The number of para-hydroxylation sites is 1. The first-order valence-electron chi connectivity index (χ1n) is 7.60. The molecule has 0 spiro atoms. The molecule has 0 atom stereocenters. The molecule has 0 unspecified atom stereocenters. The van der Waals surface area contributed by atoms with Crippen LogP contribution in [-0.2, 0) is 0 Å². The van der Waals surface area contributed by atoms with Gasteiger partial charge in [0.15, 0.2) is 11.5 Å². The summed E-state index contributed by atoms with van der Waals surface area (Å²) in [6.07, 6.45) is 0. The molecule has 1 fully saturated rings. The number of hydrogen-bond acceptors (Lipinski definition) is 1. The molecular weight excluding hydrogens is 279 g/mol. The molecule has 1 N–H and O–H groups in total. The van der Waals surface area contributed by atoms with Crippen LogP contribution in [0.2, 0.25) is 0 Å². The van der Waals surface area contributed by atoms with Gasteiger partial charge in [-0.2, -0.15) is 0 Å². The monoisotopic (exact) mass is 299 g/mol. The fraction of sp³-hybridized carbons (Fsp3) is 0.278. The number of nitrogens with zero attached hydrogens (tertiary/aromatic N) is 1. The lowest BCUT2D eigenvalue weighted by molar-refractivity contribution is -0.838. The minimum Gasteiger partial charge on any atom is -0.327 e. The van der Waals surface area contributed by atoms with Crippen molar-refractivity contribution in [2.45, 2.75) is 6.92 Å². The number of hydrogen-bond donors (Lipinski definition) is 1. The summed E-state index contributed by atoms with van der Waals surface area (Å²) < 4.78 is 13.8. The Morgan fingerprint density at radius 2 is 1.68 bits per heavy atom. The van der Waals surface area contributed by atoms with Gasteiger partial charge < -0.3 is 4.90 Å². The summed E-state index contributed by atoms with van der Waals surface area (Å²) in [7, 11) is 0. The Kier molecular flexibility index (Phi) is 4.20. The zero-order chi connectivity index (χ0) is 15.5. The quantitative estimate of drug-likeness (QED) is 0.899. The second kappa shape index (κ2) is 6.28. The summed E-state index contributed by atoms with van der Waals surface area (Å²) in [6, 6.07) is 14.5. The minimum atomic E-state index is -0.171. The van der Waals surface area contributed by atoms with Crippen LogP contribution in [-0.4, -0.2) is 37.0 Å². The van der Waals surface area contributed by atoms with Crippen LogP contribution in [0.4, 0.5) is 10.1 Å². The number of benzene rings is 2. The van der Waals surface area contributed by atoms with Gasteiger partial charge in [0.05, 0.1) is 26.2 Å². The lowest BCUT2D eigenvalue weighted by Gasteiger charge is -2.32. The van der Waals surface area contributed by atoms with E-state index < -0.39 is 0 Å². The predicted octanol–water partition coefficient (Wildman–Crippen LogP) is 1.81. The fourth-order valence-electron chi connectivity index (χ4n) is 2.88. The van der Waals surface area contributed by atoms with Crippen LogP contribution in [0.25, 0.3) is 0 Å².